The number of hydrogen-bond donors (Lipinski definition) is 1. The molecule has 0 bridgehead atoms. The van der Waals surface area contributed by atoms with Gasteiger partial charge in [0.2, 0.25) is 0 Å². The lowest BCUT2D eigenvalue weighted by atomic mass is 9.91. The van der Waals surface area contributed by atoms with Gasteiger partial charge < -0.3 is 9.88 Å². The van der Waals surface area contributed by atoms with Crippen LogP contribution in [-0.4, -0.2) is 26.8 Å². The van der Waals surface area contributed by atoms with Crippen molar-refractivity contribution in [3.05, 3.63) is 23.5 Å². The van der Waals surface area contributed by atoms with Crippen molar-refractivity contribution >= 4 is 22.6 Å². The van der Waals surface area contributed by atoms with E-state index in [1.54, 1.807) is 0 Å². The maximum atomic E-state index is 5.87. The lowest BCUT2D eigenvalue weighted by Crippen LogP contribution is -2.41. The summed E-state index contributed by atoms with van der Waals surface area (Å²) >= 11 is 5.87. The van der Waals surface area contributed by atoms with Gasteiger partial charge in [0.25, 0.3) is 0 Å². The second-order valence-corrected chi connectivity index (χ2v) is 6.37. The van der Waals surface area contributed by atoms with Gasteiger partial charge in [-0.05, 0) is 50.3 Å². The van der Waals surface area contributed by atoms with E-state index in [0.717, 1.165) is 30.0 Å². The largest absolute Gasteiger partial charge is 0.331 e. The van der Waals surface area contributed by atoms with Crippen LogP contribution in [0.3, 0.4) is 0 Å². The number of rotatable bonds is 2. The van der Waals surface area contributed by atoms with E-state index in [0.29, 0.717) is 10.7 Å². The molecule has 1 atom stereocenters. The van der Waals surface area contributed by atoms with Crippen LogP contribution in [0.25, 0.3) is 11.0 Å². The fourth-order valence-corrected chi connectivity index (χ4v) is 3.50. The zero-order valence-electron chi connectivity index (χ0n) is 10.8. The van der Waals surface area contributed by atoms with Crippen LogP contribution in [-0.2, 0) is 6.54 Å². The fourth-order valence-electron chi connectivity index (χ4n) is 3.34. The molecule has 1 saturated carbocycles. The van der Waals surface area contributed by atoms with Gasteiger partial charge in [-0.25, -0.2) is 0 Å². The summed E-state index contributed by atoms with van der Waals surface area (Å²) in [5.41, 5.74) is 1.44. The molecular weight excluding hydrogens is 260 g/mol. The van der Waals surface area contributed by atoms with Gasteiger partial charge in [0.1, 0.15) is 0 Å². The standard InChI is InChI=1S/C14H17ClN4/c15-12-7-11-2-6-19(13(11)18-17-12)9-10-1-5-16-14(8-10)3-4-14/h2,6-7,10,16H,1,3-5,8-9H2. The first-order chi connectivity index (χ1) is 9.24. The van der Waals surface area contributed by atoms with E-state index in [2.05, 4.69) is 32.3 Å². The van der Waals surface area contributed by atoms with Gasteiger partial charge in [-0.3, -0.25) is 0 Å². The van der Waals surface area contributed by atoms with Crippen LogP contribution in [0.1, 0.15) is 25.7 Å². The molecule has 1 aliphatic heterocycles. The lowest BCUT2D eigenvalue weighted by Gasteiger charge is -2.30. The van der Waals surface area contributed by atoms with Crippen molar-refractivity contribution in [1.82, 2.24) is 20.1 Å². The molecule has 19 heavy (non-hydrogen) atoms. The second-order valence-electron chi connectivity index (χ2n) is 5.98. The van der Waals surface area contributed by atoms with Crippen molar-refractivity contribution in [3.63, 3.8) is 0 Å². The Morgan fingerprint density at radius 2 is 2.32 bits per heavy atom. The van der Waals surface area contributed by atoms with E-state index in [9.17, 15) is 0 Å². The predicted octanol–water partition coefficient (Wildman–Crippen LogP) is 2.62. The second kappa shape index (κ2) is 4.18. The summed E-state index contributed by atoms with van der Waals surface area (Å²) < 4.78 is 2.23. The molecule has 3 heterocycles. The molecule has 100 valence electrons. The third-order valence-corrected chi connectivity index (χ3v) is 4.70. The highest BCUT2D eigenvalue weighted by molar-refractivity contribution is 6.29. The number of aromatic nitrogens is 3. The summed E-state index contributed by atoms with van der Waals surface area (Å²) in [4.78, 5) is 0. The zero-order chi connectivity index (χ0) is 12.9. The molecule has 2 aromatic heterocycles. The van der Waals surface area contributed by atoms with Gasteiger partial charge in [-0.1, -0.05) is 11.6 Å². The van der Waals surface area contributed by atoms with E-state index < -0.39 is 0 Å². The van der Waals surface area contributed by atoms with Crippen LogP contribution >= 0.6 is 11.6 Å². The van der Waals surface area contributed by atoms with E-state index in [1.807, 2.05) is 6.07 Å². The third kappa shape index (κ3) is 2.13. The van der Waals surface area contributed by atoms with E-state index in [4.69, 9.17) is 11.6 Å². The topological polar surface area (TPSA) is 42.7 Å². The highest BCUT2D eigenvalue weighted by atomic mass is 35.5. The maximum absolute atomic E-state index is 5.87. The minimum atomic E-state index is 0.462. The predicted molar refractivity (Wildman–Crippen MR) is 75.2 cm³/mol. The molecule has 4 rings (SSSR count). The average molecular weight is 277 g/mol. The van der Waals surface area contributed by atoms with Crippen LogP contribution in [0.5, 0.6) is 0 Å². The quantitative estimate of drug-likeness (QED) is 0.917. The summed E-state index contributed by atoms with van der Waals surface area (Å²) in [6.45, 7) is 2.20. The number of nitrogens with zero attached hydrogens (tertiary/aromatic N) is 3. The van der Waals surface area contributed by atoms with E-state index >= 15 is 0 Å². The SMILES string of the molecule is Clc1cc2ccn(CC3CCNC4(CC4)C3)c2nn1. The Balaban J connectivity index is 1.57. The minimum Gasteiger partial charge on any atom is -0.331 e. The highest BCUT2D eigenvalue weighted by Crippen LogP contribution is 2.44. The highest BCUT2D eigenvalue weighted by Gasteiger charge is 2.45. The first kappa shape index (κ1) is 11.7. The summed E-state index contributed by atoms with van der Waals surface area (Å²) in [5.74, 6) is 0.747. The maximum Gasteiger partial charge on any atom is 0.162 e. The van der Waals surface area contributed by atoms with Crippen molar-refractivity contribution < 1.29 is 0 Å². The molecule has 2 fully saturated rings. The normalized spacial score (nSPS) is 25.0. The van der Waals surface area contributed by atoms with Gasteiger partial charge in [-0.15, -0.1) is 10.2 Å². The number of fused-ring (bicyclic) bond motifs is 1. The Morgan fingerprint density at radius 1 is 1.42 bits per heavy atom. The first-order valence-corrected chi connectivity index (χ1v) is 7.35. The molecule has 5 heteroatoms. The van der Waals surface area contributed by atoms with Crippen molar-refractivity contribution in [3.8, 4) is 0 Å². The molecule has 1 N–H and O–H groups in total. The molecular formula is C14H17ClN4. The van der Waals surface area contributed by atoms with Crippen LogP contribution in [0.2, 0.25) is 5.15 Å². The van der Waals surface area contributed by atoms with Gasteiger partial charge in [0.15, 0.2) is 10.8 Å². The number of hydrogen-bond acceptors (Lipinski definition) is 3. The zero-order valence-corrected chi connectivity index (χ0v) is 11.5. The van der Waals surface area contributed by atoms with Gasteiger partial charge in [-0.2, -0.15) is 0 Å². The fraction of sp³-hybridized carbons (Fsp3) is 0.571. The van der Waals surface area contributed by atoms with Gasteiger partial charge in [0, 0.05) is 23.7 Å². The molecule has 1 spiro atoms. The van der Waals surface area contributed by atoms with Crippen molar-refractivity contribution in [2.45, 2.75) is 37.8 Å². The molecule has 4 nitrogen and oxygen atoms in total. The monoisotopic (exact) mass is 276 g/mol. The summed E-state index contributed by atoms with van der Waals surface area (Å²) in [6, 6.07) is 3.95. The Kier molecular flexibility index (Phi) is 2.57. The smallest absolute Gasteiger partial charge is 0.162 e. The molecule has 1 unspecified atom stereocenters. The Labute approximate surface area is 117 Å². The first-order valence-electron chi connectivity index (χ1n) is 6.97. The minimum absolute atomic E-state index is 0.462. The molecule has 0 aromatic carbocycles. The van der Waals surface area contributed by atoms with E-state index in [1.165, 1.54) is 25.7 Å². The summed E-state index contributed by atoms with van der Waals surface area (Å²) in [5, 5.41) is 13.4. The Morgan fingerprint density at radius 3 is 3.16 bits per heavy atom. The number of halogens is 1. The Bertz CT molecular complexity index is 617. The number of nitrogens with one attached hydrogen (secondary N) is 1. The van der Waals surface area contributed by atoms with Crippen LogP contribution < -0.4 is 5.32 Å². The van der Waals surface area contributed by atoms with Gasteiger partial charge >= 0.3 is 0 Å². The molecule has 1 saturated heterocycles. The summed E-state index contributed by atoms with van der Waals surface area (Å²) in [6.07, 6.45) is 7.37. The molecule has 2 aliphatic rings. The van der Waals surface area contributed by atoms with E-state index in [-0.39, 0.29) is 0 Å². The molecule has 2 aromatic rings. The lowest BCUT2D eigenvalue weighted by molar-refractivity contribution is 0.263. The molecule has 0 amide bonds. The van der Waals surface area contributed by atoms with Crippen LogP contribution in [0, 0.1) is 5.92 Å². The summed E-state index contributed by atoms with van der Waals surface area (Å²) in [7, 11) is 0. The van der Waals surface area contributed by atoms with Crippen molar-refractivity contribution in [1.29, 1.82) is 0 Å². The van der Waals surface area contributed by atoms with Crippen molar-refractivity contribution in [2.75, 3.05) is 6.54 Å². The van der Waals surface area contributed by atoms with Gasteiger partial charge in [0.05, 0.1) is 0 Å². The third-order valence-electron chi connectivity index (χ3n) is 4.52. The van der Waals surface area contributed by atoms with Crippen molar-refractivity contribution in [2.24, 2.45) is 5.92 Å². The van der Waals surface area contributed by atoms with Crippen LogP contribution in [0.4, 0.5) is 0 Å². The number of piperidine rings is 1. The average Bonchev–Trinajstić information content (AvgIpc) is 3.02. The molecule has 0 radical (unpaired) electrons. The Hall–Kier alpha value is -1.13. The molecule has 1 aliphatic carbocycles. The van der Waals surface area contributed by atoms with Crippen LogP contribution in [0.15, 0.2) is 18.3 Å².